The van der Waals surface area contributed by atoms with E-state index in [1.807, 2.05) is 0 Å². The van der Waals surface area contributed by atoms with Crippen LogP contribution in [0.1, 0.15) is 36.3 Å². The fourth-order valence-corrected chi connectivity index (χ4v) is 2.27. The number of fused-ring (bicyclic) bond motifs is 2. The lowest BCUT2D eigenvalue weighted by atomic mass is 10.1. The molecule has 0 fully saturated rings. The summed E-state index contributed by atoms with van der Waals surface area (Å²) in [5.74, 6) is 2.22. The lowest BCUT2D eigenvalue weighted by Gasteiger charge is -2.13. The van der Waals surface area contributed by atoms with Crippen molar-refractivity contribution in [3.8, 4) is 0 Å². The molecule has 0 aromatic carbocycles. The molecule has 0 amide bonds. The van der Waals surface area contributed by atoms with Gasteiger partial charge < -0.3 is 13.9 Å². The summed E-state index contributed by atoms with van der Waals surface area (Å²) in [6.45, 7) is 2.46. The third kappa shape index (κ3) is 3.72. The fraction of sp³-hybridized carbons (Fsp3) is 0.600. The van der Waals surface area contributed by atoms with Crippen molar-refractivity contribution in [3.63, 3.8) is 0 Å². The van der Waals surface area contributed by atoms with E-state index in [9.17, 15) is 0 Å². The average molecular weight is 250 g/mol. The van der Waals surface area contributed by atoms with Crippen LogP contribution >= 0.6 is 0 Å². The Morgan fingerprint density at radius 2 is 2.28 bits per heavy atom. The van der Waals surface area contributed by atoms with Crippen molar-refractivity contribution in [2.75, 3.05) is 13.9 Å². The first-order chi connectivity index (χ1) is 8.79. The Labute approximate surface area is 109 Å². The number of methoxy groups -OCH3 is 1. The molecule has 1 aliphatic heterocycles. The maximum atomic E-state index is 5.88. The summed E-state index contributed by atoms with van der Waals surface area (Å²) in [6.07, 6.45) is 9.56. The Morgan fingerprint density at radius 3 is 3.11 bits per heavy atom. The molecule has 100 valence electrons. The normalized spacial score (nSPS) is 20.7. The maximum Gasteiger partial charge on any atom is 0.147 e. The van der Waals surface area contributed by atoms with Crippen LogP contribution in [-0.2, 0) is 22.3 Å². The first kappa shape index (κ1) is 13.4. The van der Waals surface area contributed by atoms with E-state index in [1.54, 1.807) is 7.11 Å². The molecule has 1 aromatic rings. The van der Waals surface area contributed by atoms with Crippen LogP contribution in [-0.4, -0.2) is 20.0 Å². The molecule has 0 N–H and O–H groups in total. The van der Waals surface area contributed by atoms with Crippen LogP contribution in [0.4, 0.5) is 0 Å². The van der Waals surface area contributed by atoms with Gasteiger partial charge in [-0.2, -0.15) is 0 Å². The number of allylic oxidation sites excluding steroid dienone is 1. The van der Waals surface area contributed by atoms with Crippen molar-refractivity contribution in [1.29, 1.82) is 0 Å². The van der Waals surface area contributed by atoms with Crippen molar-refractivity contribution in [1.82, 2.24) is 0 Å². The van der Waals surface area contributed by atoms with E-state index in [0.717, 1.165) is 43.6 Å². The van der Waals surface area contributed by atoms with Crippen molar-refractivity contribution in [3.05, 3.63) is 35.3 Å². The van der Waals surface area contributed by atoms with Gasteiger partial charge in [0, 0.05) is 20.0 Å². The zero-order valence-corrected chi connectivity index (χ0v) is 11.3. The Hall–Kier alpha value is -1.06. The minimum atomic E-state index is 0.121. The van der Waals surface area contributed by atoms with Gasteiger partial charge in [0.1, 0.15) is 18.3 Å². The highest BCUT2D eigenvalue weighted by Crippen LogP contribution is 2.20. The first-order valence-electron chi connectivity index (χ1n) is 6.65. The molecule has 1 aromatic heterocycles. The van der Waals surface area contributed by atoms with E-state index in [4.69, 9.17) is 13.9 Å². The van der Waals surface area contributed by atoms with Crippen LogP contribution in [0.25, 0.3) is 0 Å². The molecule has 18 heavy (non-hydrogen) atoms. The van der Waals surface area contributed by atoms with Gasteiger partial charge in [0.05, 0.1) is 6.10 Å². The second-order valence-corrected chi connectivity index (χ2v) is 4.79. The van der Waals surface area contributed by atoms with Crippen LogP contribution in [0.15, 0.2) is 22.6 Å². The highest BCUT2D eigenvalue weighted by atomic mass is 16.7. The third-order valence-corrected chi connectivity index (χ3v) is 3.27. The number of ether oxygens (including phenoxy) is 2. The topological polar surface area (TPSA) is 31.6 Å². The Morgan fingerprint density at radius 1 is 1.39 bits per heavy atom. The van der Waals surface area contributed by atoms with Crippen LogP contribution in [0, 0.1) is 6.92 Å². The Balaban J connectivity index is 2.04. The van der Waals surface area contributed by atoms with Crippen LogP contribution in [0.3, 0.4) is 0 Å². The van der Waals surface area contributed by atoms with Crippen molar-refractivity contribution in [2.45, 2.75) is 45.1 Å². The van der Waals surface area contributed by atoms with E-state index in [0.29, 0.717) is 6.79 Å². The smallest absolute Gasteiger partial charge is 0.147 e. The summed E-state index contributed by atoms with van der Waals surface area (Å²) in [4.78, 5) is 0. The number of hydrogen-bond acceptors (Lipinski definition) is 3. The molecule has 1 aliphatic rings. The summed E-state index contributed by atoms with van der Waals surface area (Å²) in [7, 11) is 1.65. The molecule has 0 aliphatic carbocycles. The standard InChI is InChI=1S/C15H22O3/c1-12-10-14-7-5-3-4-6-13(17-11-16-2)8-9-15(12)18-14/h4,6,10,13H,3,5,7-9,11H2,1-2H3. The molecule has 2 bridgehead atoms. The van der Waals surface area contributed by atoms with E-state index in [1.165, 1.54) is 5.56 Å². The van der Waals surface area contributed by atoms with Crippen LogP contribution in [0.5, 0.6) is 0 Å². The second-order valence-electron chi connectivity index (χ2n) is 4.79. The molecule has 3 heteroatoms. The van der Waals surface area contributed by atoms with E-state index in [2.05, 4.69) is 25.1 Å². The lowest BCUT2D eigenvalue weighted by molar-refractivity contribution is -0.0576. The van der Waals surface area contributed by atoms with Crippen molar-refractivity contribution in [2.24, 2.45) is 0 Å². The van der Waals surface area contributed by atoms with E-state index >= 15 is 0 Å². The highest BCUT2D eigenvalue weighted by Gasteiger charge is 2.12. The van der Waals surface area contributed by atoms with Crippen LogP contribution < -0.4 is 0 Å². The van der Waals surface area contributed by atoms with Crippen LogP contribution in [0.2, 0.25) is 0 Å². The summed E-state index contributed by atoms with van der Waals surface area (Å²) in [5.41, 5.74) is 1.26. The SMILES string of the molecule is COCOC1C=CCCCc2cc(C)c(o2)CC1. The number of rotatable bonds is 3. The predicted molar refractivity (Wildman–Crippen MR) is 70.6 cm³/mol. The molecule has 0 saturated carbocycles. The van der Waals surface area contributed by atoms with Gasteiger partial charge in [0.2, 0.25) is 0 Å². The molecule has 3 nitrogen and oxygen atoms in total. The summed E-state index contributed by atoms with van der Waals surface area (Å²) >= 11 is 0. The van der Waals surface area contributed by atoms with Gasteiger partial charge >= 0.3 is 0 Å². The number of hydrogen-bond donors (Lipinski definition) is 0. The Bertz CT molecular complexity index is 392. The monoisotopic (exact) mass is 250 g/mol. The quantitative estimate of drug-likeness (QED) is 0.608. The average Bonchev–Trinajstić information content (AvgIpc) is 2.69. The molecular weight excluding hydrogens is 228 g/mol. The van der Waals surface area contributed by atoms with Crippen molar-refractivity contribution >= 4 is 0 Å². The minimum absolute atomic E-state index is 0.121. The molecule has 1 unspecified atom stereocenters. The first-order valence-corrected chi connectivity index (χ1v) is 6.65. The number of furan rings is 1. The fourth-order valence-electron chi connectivity index (χ4n) is 2.27. The summed E-state index contributed by atoms with van der Waals surface area (Å²) in [6, 6.07) is 2.17. The molecule has 0 saturated heterocycles. The molecule has 2 heterocycles. The molecule has 1 atom stereocenters. The minimum Gasteiger partial charge on any atom is -0.466 e. The Kier molecular flexibility index (Phi) is 5.02. The highest BCUT2D eigenvalue weighted by molar-refractivity contribution is 5.20. The van der Waals surface area contributed by atoms with Gasteiger partial charge in [-0.25, -0.2) is 0 Å². The van der Waals surface area contributed by atoms with Gasteiger partial charge in [-0.1, -0.05) is 12.2 Å². The third-order valence-electron chi connectivity index (χ3n) is 3.27. The van der Waals surface area contributed by atoms with E-state index in [-0.39, 0.29) is 6.10 Å². The predicted octanol–water partition coefficient (Wildman–Crippen LogP) is 3.40. The van der Waals surface area contributed by atoms with Gasteiger partial charge in [-0.3, -0.25) is 0 Å². The van der Waals surface area contributed by atoms with Gasteiger partial charge in [0.25, 0.3) is 0 Å². The van der Waals surface area contributed by atoms with Gasteiger partial charge in [-0.15, -0.1) is 0 Å². The number of aryl methyl sites for hydroxylation is 3. The molecular formula is C15H22O3. The summed E-state index contributed by atoms with van der Waals surface area (Å²) < 4.78 is 16.5. The lowest BCUT2D eigenvalue weighted by Crippen LogP contribution is -2.13. The zero-order valence-electron chi connectivity index (χ0n) is 11.3. The van der Waals surface area contributed by atoms with E-state index < -0.39 is 0 Å². The maximum absolute atomic E-state index is 5.88. The molecule has 0 radical (unpaired) electrons. The summed E-state index contributed by atoms with van der Waals surface area (Å²) in [5, 5.41) is 0. The van der Waals surface area contributed by atoms with Crippen molar-refractivity contribution < 1.29 is 13.9 Å². The zero-order chi connectivity index (χ0) is 12.8. The molecule has 0 spiro atoms. The molecule has 2 rings (SSSR count). The largest absolute Gasteiger partial charge is 0.466 e. The second kappa shape index (κ2) is 6.76. The van der Waals surface area contributed by atoms with Gasteiger partial charge in [-0.05, 0) is 37.8 Å². The van der Waals surface area contributed by atoms with Gasteiger partial charge in [0.15, 0.2) is 0 Å².